The molecule has 0 aliphatic carbocycles. The Bertz CT molecular complexity index is 643. The molecule has 104 valence electrons. The van der Waals surface area contributed by atoms with Gasteiger partial charge in [0.05, 0.1) is 11.0 Å². The van der Waals surface area contributed by atoms with Crippen LogP contribution in [-0.4, -0.2) is 14.9 Å². The summed E-state index contributed by atoms with van der Waals surface area (Å²) in [5.41, 5.74) is 6.29. The third-order valence-electron chi connectivity index (χ3n) is 2.36. The maximum Gasteiger partial charge on any atom is 0.274 e. The van der Waals surface area contributed by atoms with Crippen molar-refractivity contribution in [3.05, 3.63) is 50.4 Å². The summed E-state index contributed by atoms with van der Waals surface area (Å²) in [5.74, 6) is 1.14. The van der Waals surface area contributed by atoms with Crippen LogP contribution in [-0.2, 0) is 6.61 Å². The van der Waals surface area contributed by atoms with Crippen molar-refractivity contribution in [3.63, 3.8) is 0 Å². The maximum atomic E-state index is 10.8. The maximum absolute atomic E-state index is 10.8. The third-order valence-corrected chi connectivity index (χ3v) is 2.81. The SMILES string of the molecule is Cc1cc(N)nc(COc2cc(Br)cc([N+](=O)[O-])c2)n1. The van der Waals surface area contributed by atoms with Crippen molar-refractivity contribution in [2.75, 3.05) is 5.73 Å². The molecule has 0 bridgehead atoms. The van der Waals surface area contributed by atoms with Crippen LogP contribution in [0.25, 0.3) is 0 Å². The molecule has 2 N–H and O–H groups in total. The quantitative estimate of drug-likeness (QED) is 0.678. The second kappa shape index (κ2) is 5.83. The second-order valence-corrected chi connectivity index (χ2v) is 4.96. The Hall–Kier alpha value is -2.22. The molecule has 0 aliphatic rings. The topological polar surface area (TPSA) is 104 Å². The first-order valence-electron chi connectivity index (χ1n) is 5.62. The molecule has 0 fully saturated rings. The number of non-ortho nitro benzene ring substituents is 1. The van der Waals surface area contributed by atoms with Gasteiger partial charge in [-0.1, -0.05) is 15.9 Å². The van der Waals surface area contributed by atoms with Gasteiger partial charge in [0, 0.05) is 22.3 Å². The summed E-state index contributed by atoms with van der Waals surface area (Å²) in [6.07, 6.45) is 0. The van der Waals surface area contributed by atoms with E-state index in [1.54, 1.807) is 19.1 Å². The van der Waals surface area contributed by atoms with Crippen molar-refractivity contribution in [2.24, 2.45) is 0 Å². The van der Waals surface area contributed by atoms with E-state index in [0.29, 0.717) is 21.9 Å². The van der Waals surface area contributed by atoms with Gasteiger partial charge in [-0.15, -0.1) is 0 Å². The monoisotopic (exact) mass is 338 g/mol. The highest BCUT2D eigenvalue weighted by Gasteiger charge is 2.10. The van der Waals surface area contributed by atoms with E-state index in [0.717, 1.165) is 5.69 Å². The van der Waals surface area contributed by atoms with E-state index >= 15 is 0 Å². The predicted octanol–water partition coefficient (Wildman–Crippen LogP) is 2.62. The van der Waals surface area contributed by atoms with Gasteiger partial charge in [0.1, 0.15) is 18.2 Å². The van der Waals surface area contributed by atoms with E-state index in [2.05, 4.69) is 25.9 Å². The highest BCUT2D eigenvalue weighted by Crippen LogP contribution is 2.26. The largest absolute Gasteiger partial charge is 0.485 e. The van der Waals surface area contributed by atoms with Gasteiger partial charge in [-0.25, -0.2) is 9.97 Å². The average Bonchev–Trinajstić information content (AvgIpc) is 2.34. The lowest BCUT2D eigenvalue weighted by Crippen LogP contribution is -2.05. The smallest absolute Gasteiger partial charge is 0.274 e. The van der Waals surface area contributed by atoms with E-state index in [-0.39, 0.29) is 12.3 Å². The molecule has 0 aliphatic heterocycles. The van der Waals surface area contributed by atoms with Crippen molar-refractivity contribution < 1.29 is 9.66 Å². The van der Waals surface area contributed by atoms with Crippen molar-refractivity contribution >= 4 is 27.4 Å². The van der Waals surface area contributed by atoms with Gasteiger partial charge in [-0.05, 0) is 13.0 Å². The van der Waals surface area contributed by atoms with Gasteiger partial charge in [0.25, 0.3) is 5.69 Å². The Morgan fingerprint density at radius 3 is 2.75 bits per heavy atom. The number of nitro benzene ring substituents is 1. The van der Waals surface area contributed by atoms with Crippen LogP contribution in [0.2, 0.25) is 0 Å². The first-order valence-corrected chi connectivity index (χ1v) is 6.41. The zero-order valence-corrected chi connectivity index (χ0v) is 12.1. The number of nitrogens with zero attached hydrogens (tertiary/aromatic N) is 3. The summed E-state index contributed by atoms with van der Waals surface area (Å²) in [5, 5.41) is 10.8. The lowest BCUT2D eigenvalue weighted by molar-refractivity contribution is -0.385. The zero-order chi connectivity index (χ0) is 14.7. The highest BCUT2D eigenvalue weighted by atomic mass is 79.9. The number of nitro groups is 1. The van der Waals surface area contributed by atoms with Crippen LogP contribution in [0.1, 0.15) is 11.5 Å². The van der Waals surface area contributed by atoms with Gasteiger partial charge in [0.15, 0.2) is 5.82 Å². The fourth-order valence-electron chi connectivity index (χ4n) is 1.61. The number of hydrogen-bond donors (Lipinski definition) is 1. The van der Waals surface area contributed by atoms with Crippen LogP contribution < -0.4 is 10.5 Å². The number of rotatable bonds is 4. The normalized spacial score (nSPS) is 10.3. The Kier molecular flexibility index (Phi) is 4.14. The molecule has 1 aromatic heterocycles. The number of nitrogen functional groups attached to an aromatic ring is 1. The average molecular weight is 339 g/mol. The van der Waals surface area contributed by atoms with Crippen LogP contribution in [0, 0.1) is 17.0 Å². The molecule has 0 saturated heterocycles. The van der Waals surface area contributed by atoms with E-state index in [1.165, 1.54) is 12.1 Å². The van der Waals surface area contributed by atoms with E-state index in [4.69, 9.17) is 10.5 Å². The van der Waals surface area contributed by atoms with Crippen molar-refractivity contribution in [3.8, 4) is 5.75 Å². The van der Waals surface area contributed by atoms with Crippen LogP contribution in [0.15, 0.2) is 28.7 Å². The summed E-state index contributed by atoms with van der Waals surface area (Å²) < 4.78 is 6.02. The first kappa shape index (κ1) is 14.2. The predicted molar refractivity (Wildman–Crippen MR) is 76.3 cm³/mol. The van der Waals surface area contributed by atoms with Crippen molar-refractivity contribution in [2.45, 2.75) is 13.5 Å². The Labute approximate surface area is 123 Å². The molecule has 20 heavy (non-hydrogen) atoms. The minimum absolute atomic E-state index is 0.0564. The lowest BCUT2D eigenvalue weighted by atomic mass is 10.3. The molecule has 0 unspecified atom stereocenters. The molecule has 0 spiro atoms. The lowest BCUT2D eigenvalue weighted by Gasteiger charge is -2.07. The van der Waals surface area contributed by atoms with Crippen LogP contribution in [0.4, 0.5) is 11.5 Å². The number of nitrogens with two attached hydrogens (primary N) is 1. The summed E-state index contributed by atoms with van der Waals surface area (Å²) >= 11 is 3.20. The molecule has 0 radical (unpaired) electrons. The molecular formula is C12H11BrN4O3. The molecule has 0 atom stereocenters. The number of ether oxygens (including phenoxy) is 1. The molecule has 1 aromatic carbocycles. The number of hydrogen-bond acceptors (Lipinski definition) is 6. The number of benzene rings is 1. The van der Waals surface area contributed by atoms with Crippen molar-refractivity contribution in [1.82, 2.24) is 9.97 Å². The molecule has 8 heteroatoms. The summed E-state index contributed by atoms with van der Waals surface area (Å²) in [4.78, 5) is 18.5. The van der Waals surface area contributed by atoms with E-state index in [1.807, 2.05) is 0 Å². The molecule has 7 nitrogen and oxygen atoms in total. The van der Waals surface area contributed by atoms with Gasteiger partial charge in [-0.3, -0.25) is 10.1 Å². The number of anilines is 1. The van der Waals surface area contributed by atoms with Gasteiger partial charge in [-0.2, -0.15) is 0 Å². The van der Waals surface area contributed by atoms with Crippen molar-refractivity contribution in [1.29, 1.82) is 0 Å². The second-order valence-electron chi connectivity index (χ2n) is 4.04. The molecule has 1 heterocycles. The van der Waals surface area contributed by atoms with Gasteiger partial charge in [0.2, 0.25) is 0 Å². The van der Waals surface area contributed by atoms with Crippen LogP contribution in [0.5, 0.6) is 5.75 Å². The van der Waals surface area contributed by atoms with Crippen LogP contribution in [0.3, 0.4) is 0 Å². The minimum Gasteiger partial charge on any atom is -0.485 e. The molecule has 2 aromatic rings. The summed E-state index contributed by atoms with van der Waals surface area (Å²) in [6.45, 7) is 1.88. The Morgan fingerprint density at radius 1 is 1.35 bits per heavy atom. The van der Waals surface area contributed by atoms with E-state index < -0.39 is 4.92 Å². The van der Waals surface area contributed by atoms with Gasteiger partial charge < -0.3 is 10.5 Å². The molecule has 2 rings (SSSR count). The van der Waals surface area contributed by atoms with Gasteiger partial charge >= 0.3 is 0 Å². The Morgan fingerprint density at radius 2 is 2.10 bits per heavy atom. The summed E-state index contributed by atoms with van der Waals surface area (Å²) in [6, 6.07) is 6.01. The standard InChI is InChI=1S/C12H11BrN4O3/c1-7-2-11(14)16-12(15-7)6-20-10-4-8(13)3-9(5-10)17(18)19/h2-5H,6H2,1H3,(H2,14,15,16). The zero-order valence-electron chi connectivity index (χ0n) is 10.5. The molecular weight excluding hydrogens is 328 g/mol. The minimum atomic E-state index is -0.487. The van der Waals surface area contributed by atoms with E-state index in [9.17, 15) is 10.1 Å². The number of aromatic nitrogens is 2. The first-order chi connectivity index (χ1) is 9.44. The number of halogens is 1. The molecule has 0 amide bonds. The molecule has 0 saturated carbocycles. The van der Waals surface area contributed by atoms with Crippen LogP contribution >= 0.6 is 15.9 Å². The third kappa shape index (κ3) is 3.64. The number of aryl methyl sites for hydroxylation is 1. The summed E-state index contributed by atoms with van der Waals surface area (Å²) in [7, 11) is 0. The fraction of sp³-hybridized carbons (Fsp3) is 0.167. The highest BCUT2D eigenvalue weighted by molar-refractivity contribution is 9.10. The fourth-order valence-corrected chi connectivity index (χ4v) is 2.07. The Balaban J connectivity index is 2.16.